The van der Waals surface area contributed by atoms with E-state index in [1.54, 1.807) is 20.8 Å². The number of unbranched alkanes of at least 4 members (excludes halogenated alkanes) is 3. The maximum Gasteiger partial charge on any atom is 0.217 e. The molecule has 1 aliphatic carbocycles. The van der Waals surface area contributed by atoms with E-state index in [2.05, 4.69) is 23.7 Å². The first-order chi connectivity index (χ1) is 12.4. The molecule has 1 rings (SSSR count). The summed E-state index contributed by atoms with van der Waals surface area (Å²) in [5, 5.41) is 0. The van der Waals surface area contributed by atoms with E-state index in [0.29, 0.717) is 54.4 Å². The minimum atomic E-state index is -0.293. The highest BCUT2D eigenvalue weighted by Crippen LogP contribution is 2.27. The molecule has 0 saturated carbocycles. The van der Waals surface area contributed by atoms with Crippen LogP contribution in [0.2, 0.25) is 0 Å². The maximum absolute atomic E-state index is 12.3. The first-order valence-electron chi connectivity index (χ1n) is 9.02. The summed E-state index contributed by atoms with van der Waals surface area (Å²) in [6.07, 6.45) is 5.37. The van der Waals surface area contributed by atoms with Gasteiger partial charge in [0.15, 0.2) is 11.6 Å². The summed E-state index contributed by atoms with van der Waals surface area (Å²) >= 11 is 0. The van der Waals surface area contributed by atoms with E-state index in [4.69, 9.17) is 5.73 Å². The molecule has 0 bridgehead atoms. The van der Waals surface area contributed by atoms with Gasteiger partial charge in [-0.1, -0.05) is 11.8 Å². The van der Waals surface area contributed by atoms with Crippen molar-refractivity contribution < 1.29 is 14.4 Å². The summed E-state index contributed by atoms with van der Waals surface area (Å²) in [7, 11) is 0. The Morgan fingerprint density at radius 2 is 1.38 bits per heavy atom. The number of allylic oxidation sites excluding steroid dienone is 4. The van der Waals surface area contributed by atoms with Crippen LogP contribution >= 0.6 is 0 Å². The van der Waals surface area contributed by atoms with Crippen LogP contribution in [0.15, 0.2) is 22.3 Å². The summed E-state index contributed by atoms with van der Waals surface area (Å²) in [5.41, 5.74) is 7.44. The molecule has 1 aliphatic rings. The third kappa shape index (κ3) is 6.73. The molecular formula is C22H27NO3. The molecular weight excluding hydrogens is 326 g/mol. The molecule has 0 heterocycles. The van der Waals surface area contributed by atoms with Gasteiger partial charge in [0.05, 0.1) is 6.42 Å². The van der Waals surface area contributed by atoms with Gasteiger partial charge in [-0.2, -0.15) is 0 Å². The second-order valence-corrected chi connectivity index (χ2v) is 6.42. The first kappa shape index (κ1) is 21.5. The largest absolute Gasteiger partial charge is 0.370 e. The van der Waals surface area contributed by atoms with Crippen molar-refractivity contribution in [3.05, 3.63) is 22.3 Å². The smallest absolute Gasteiger partial charge is 0.217 e. The molecule has 0 aliphatic heterocycles. The van der Waals surface area contributed by atoms with Crippen molar-refractivity contribution in [2.24, 2.45) is 5.73 Å². The van der Waals surface area contributed by atoms with Gasteiger partial charge in [0.2, 0.25) is 5.91 Å². The van der Waals surface area contributed by atoms with Crippen LogP contribution in [0.1, 0.15) is 72.1 Å². The normalized spacial score (nSPS) is 14.0. The number of rotatable bonds is 7. The standard InChI is InChI=1S/C22H27NO3/c1-16-17(2)22(26)19(18(3)21(16)25)14-12-10-8-6-4-5-7-9-11-13-15-20(23)24/h5,8,10-15H2,1-3H3,(H2,23,24). The van der Waals surface area contributed by atoms with E-state index in [-0.39, 0.29) is 17.5 Å². The average Bonchev–Trinajstić information content (AvgIpc) is 2.61. The lowest BCUT2D eigenvalue weighted by Gasteiger charge is -2.18. The highest BCUT2D eigenvalue weighted by molar-refractivity contribution is 6.24. The number of hydrogen-bond donors (Lipinski definition) is 1. The van der Waals surface area contributed by atoms with Crippen molar-refractivity contribution in [1.29, 1.82) is 0 Å². The Hall–Kier alpha value is -2.59. The molecule has 0 radical (unpaired) electrons. The van der Waals surface area contributed by atoms with E-state index >= 15 is 0 Å². The second-order valence-electron chi connectivity index (χ2n) is 6.42. The van der Waals surface area contributed by atoms with Gasteiger partial charge in [0, 0.05) is 41.6 Å². The van der Waals surface area contributed by atoms with Crippen molar-refractivity contribution in [3.8, 4) is 23.7 Å². The van der Waals surface area contributed by atoms with Crippen LogP contribution in [0.25, 0.3) is 0 Å². The lowest BCUT2D eigenvalue weighted by Crippen LogP contribution is -2.20. The number of carbonyl (C=O) groups is 3. The van der Waals surface area contributed by atoms with Crippen molar-refractivity contribution in [2.45, 2.75) is 72.1 Å². The van der Waals surface area contributed by atoms with Crippen LogP contribution in [-0.2, 0) is 14.4 Å². The fourth-order valence-electron chi connectivity index (χ4n) is 2.67. The molecule has 1 amide bonds. The van der Waals surface area contributed by atoms with E-state index in [9.17, 15) is 14.4 Å². The quantitative estimate of drug-likeness (QED) is 0.433. The second kappa shape index (κ2) is 11.1. The van der Waals surface area contributed by atoms with Gasteiger partial charge in [0.25, 0.3) is 0 Å². The summed E-state index contributed by atoms with van der Waals surface area (Å²) in [6.45, 7) is 5.18. The molecule has 0 aromatic rings. The Balaban J connectivity index is 2.28. The van der Waals surface area contributed by atoms with E-state index in [0.717, 1.165) is 19.3 Å². The van der Waals surface area contributed by atoms with Gasteiger partial charge < -0.3 is 5.73 Å². The van der Waals surface area contributed by atoms with Crippen LogP contribution in [0.3, 0.4) is 0 Å². The van der Waals surface area contributed by atoms with Crippen molar-refractivity contribution in [1.82, 2.24) is 0 Å². The number of amides is 1. The number of Topliss-reactive ketones (excluding diaryl/α,β-unsaturated/α-hetero) is 2. The highest BCUT2D eigenvalue weighted by atomic mass is 16.1. The highest BCUT2D eigenvalue weighted by Gasteiger charge is 2.26. The SMILES string of the molecule is CC1=C(C)C(=O)C(CCCCC#CCC#CCCCC(N)=O)=C(C)C1=O. The first-order valence-corrected chi connectivity index (χ1v) is 9.02. The molecule has 0 spiro atoms. The molecule has 0 saturated heterocycles. The summed E-state index contributed by atoms with van der Waals surface area (Å²) in [5.74, 6) is 11.7. The lowest BCUT2D eigenvalue weighted by molar-refractivity contribution is -0.118. The fourth-order valence-corrected chi connectivity index (χ4v) is 2.67. The van der Waals surface area contributed by atoms with Crippen LogP contribution in [-0.4, -0.2) is 17.5 Å². The molecule has 0 aromatic carbocycles. The number of ketones is 2. The molecule has 0 fully saturated rings. The number of hydrogen-bond acceptors (Lipinski definition) is 3. The Bertz CT molecular complexity index is 761. The summed E-state index contributed by atoms with van der Waals surface area (Å²) < 4.78 is 0. The predicted octanol–water partition coefficient (Wildman–Crippen LogP) is 3.40. The van der Waals surface area contributed by atoms with Crippen LogP contribution < -0.4 is 5.73 Å². The molecule has 138 valence electrons. The van der Waals surface area contributed by atoms with Crippen LogP contribution in [0.4, 0.5) is 0 Å². The molecule has 2 N–H and O–H groups in total. The van der Waals surface area contributed by atoms with Gasteiger partial charge in [-0.05, 0) is 46.5 Å². The van der Waals surface area contributed by atoms with Crippen LogP contribution in [0.5, 0.6) is 0 Å². The molecule has 0 unspecified atom stereocenters. The van der Waals surface area contributed by atoms with Crippen molar-refractivity contribution in [3.63, 3.8) is 0 Å². The van der Waals surface area contributed by atoms with E-state index in [1.165, 1.54) is 0 Å². The lowest BCUT2D eigenvalue weighted by atomic mass is 9.84. The van der Waals surface area contributed by atoms with E-state index in [1.807, 2.05) is 0 Å². The van der Waals surface area contributed by atoms with Crippen LogP contribution in [0, 0.1) is 23.7 Å². The average molecular weight is 353 g/mol. The minimum absolute atomic E-state index is 0.00806. The third-order valence-corrected chi connectivity index (χ3v) is 4.44. The Kier molecular flexibility index (Phi) is 9.17. The maximum atomic E-state index is 12.3. The predicted molar refractivity (Wildman–Crippen MR) is 103 cm³/mol. The number of primary amides is 1. The van der Waals surface area contributed by atoms with Gasteiger partial charge in [-0.15, -0.1) is 11.8 Å². The van der Waals surface area contributed by atoms with Gasteiger partial charge in [-0.3, -0.25) is 14.4 Å². The molecule has 0 atom stereocenters. The zero-order valence-electron chi connectivity index (χ0n) is 16.0. The van der Waals surface area contributed by atoms with Gasteiger partial charge in [0.1, 0.15) is 0 Å². The van der Waals surface area contributed by atoms with Crippen molar-refractivity contribution in [2.75, 3.05) is 0 Å². The summed E-state index contributed by atoms with van der Waals surface area (Å²) in [4.78, 5) is 35.0. The van der Waals surface area contributed by atoms with Gasteiger partial charge >= 0.3 is 0 Å². The minimum Gasteiger partial charge on any atom is -0.370 e. The number of nitrogens with two attached hydrogens (primary N) is 1. The molecule has 26 heavy (non-hydrogen) atoms. The molecule has 0 aromatic heterocycles. The Morgan fingerprint density at radius 3 is 2.00 bits per heavy atom. The summed E-state index contributed by atoms with van der Waals surface area (Å²) in [6, 6.07) is 0. The number of carbonyl (C=O) groups excluding carboxylic acids is 3. The van der Waals surface area contributed by atoms with E-state index < -0.39 is 0 Å². The fraction of sp³-hybridized carbons (Fsp3) is 0.500. The topological polar surface area (TPSA) is 77.2 Å². The van der Waals surface area contributed by atoms with Gasteiger partial charge in [-0.25, -0.2) is 0 Å². The monoisotopic (exact) mass is 353 g/mol. The Morgan fingerprint density at radius 1 is 0.808 bits per heavy atom. The zero-order valence-corrected chi connectivity index (χ0v) is 16.0. The zero-order chi connectivity index (χ0) is 19.5. The van der Waals surface area contributed by atoms with Crippen molar-refractivity contribution >= 4 is 17.5 Å². The molecule has 4 heteroatoms. The third-order valence-electron chi connectivity index (χ3n) is 4.44. The Labute approximate surface area is 156 Å². The molecule has 4 nitrogen and oxygen atoms in total.